The Bertz CT molecular complexity index is 366. The summed E-state index contributed by atoms with van der Waals surface area (Å²) in [5, 5.41) is 7.12. The fourth-order valence-electron chi connectivity index (χ4n) is 0.944. The summed E-state index contributed by atoms with van der Waals surface area (Å²) in [6.45, 7) is 1.49. The second kappa shape index (κ2) is 5.65. The van der Waals surface area contributed by atoms with Gasteiger partial charge in [0.15, 0.2) is 0 Å². The average Bonchev–Trinajstić information content (AvgIpc) is 2.09. The fourth-order valence-corrected chi connectivity index (χ4v) is 2.11. The SMILES string of the molecule is CC(C)C(NS(=O)(=O)NCC(F)(F)F)C(=N)N. The largest absolute Gasteiger partial charge is 0.402 e. The standard InChI is InChI=1S/C7H15F3N4O2S/c1-4(2)5(6(11)12)14-17(15,16)13-3-7(8,9)10/h4-5,13-14H,3H2,1-2H3,(H3,11,12). The topological polar surface area (TPSA) is 108 Å². The van der Waals surface area contributed by atoms with E-state index >= 15 is 0 Å². The van der Waals surface area contributed by atoms with Crippen LogP contribution in [0.4, 0.5) is 13.2 Å². The predicted molar refractivity (Wildman–Crippen MR) is 56.7 cm³/mol. The van der Waals surface area contributed by atoms with Crippen LogP contribution in [-0.2, 0) is 10.2 Å². The minimum Gasteiger partial charge on any atom is -0.386 e. The van der Waals surface area contributed by atoms with Crippen molar-refractivity contribution in [3.8, 4) is 0 Å². The van der Waals surface area contributed by atoms with Crippen LogP contribution in [0.15, 0.2) is 0 Å². The lowest BCUT2D eigenvalue weighted by molar-refractivity contribution is -0.121. The van der Waals surface area contributed by atoms with Crippen LogP contribution in [0.25, 0.3) is 0 Å². The number of amidine groups is 1. The van der Waals surface area contributed by atoms with Crippen LogP contribution in [0.2, 0.25) is 0 Å². The number of alkyl halides is 3. The molecule has 0 bridgehead atoms. The Hall–Kier alpha value is -0.870. The minimum absolute atomic E-state index is 0.352. The Morgan fingerprint density at radius 2 is 1.88 bits per heavy atom. The Kier molecular flexibility index (Phi) is 5.36. The molecule has 0 aromatic rings. The van der Waals surface area contributed by atoms with Gasteiger partial charge in [-0.05, 0) is 5.92 Å². The van der Waals surface area contributed by atoms with Crippen molar-refractivity contribution in [2.75, 3.05) is 6.54 Å². The molecule has 6 nitrogen and oxygen atoms in total. The van der Waals surface area contributed by atoms with Gasteiger partial charge in [0.2, 0.25) is 0 Å². The minimum atomic E-state index is -4.64. The molecule has 0 aliphatic heterocycles. The predicted octanol–water partition coefficient (Wildman–Crippen LogP) is -0.0667. The van der Waals surface area contributed by atoms with Gasteiger partial charge in [-0.3, -0.25) is 5.41 Å². The molecule has 1 unspecified atom stereocenters. The first-order chi connectivity index (χ1) is 7.44. The molecule has 0 aliphatic rings. The van der Waals surface area contributed by atoms with E-state index in [1.807, 2.05) is 4.72 Å². The molecular formula is C7H15F3N4O2S. The summed E-state index contributed by atoms with van der Waals surface area (Å²) >= 11 is 0. The maximum Gasteiger partial charge on any atom is 0.402 e. The van der Waals surface area contributed by atoms with E-state index in [0.29, 0.717) is 0 Å². The van der Waals surface area contributed by atoms with E-state index in [1.165, 1.54) is 4.72 Å². The summed E-state index contributed by atoms with van der Waals surface area (Å²) in [6, 6.07) is -1.04. The summed E-state index contributed by atoms with van der Waals surface area (Å²) < 4.78 is 61.1. The second-order valence-corrected chi connectivity index (χ2v) is 5.27. The number of nitrogens with one attached hydrogen (secondary N) is 3. The van der Waals surface area contributed by atoms with Crippen LogP contribution in [0.1, 0.15) is 13.8 Å². The van der Waals surface area contributed by atoms with Crippen LogP contribution in [0.5, 0.6) is 0 Å². The fraction of sp³-hybridized carbons (Fsp3) is 0.857. The average molecular weight is 276 g/mol. The van der Waals surface area contributed by atoms with Gasteiger partial charge in [0.1, 0.15) is 12.4 Å². The normalized spacial score (nSPS) is 14.9. The summed E-state index contributed by atoms with van der Waals surface area (Å²) in [5.41, 5.74) is 5.13. The molecule has 0 amide bonds. The zero-order chi connectivity index (χ0) is 13.9. The van der Waals surface area contributed by atoms with Gasteiger partial charge in [0.05, 0.1) is 6.04 Å². The molecule has 0 radical (unpaired) electrons. The number of hydrogen-bond donors (Lipinski definition) is 4. The molecule has 17 heavy (non-hydrogen) atoms. The molecule has 0 rings (SSSR count). The second-order valence-electron chi connectivity index (χ2n) is 3.73. The molecule has 0 spiro atoms. The highest BCUT2D eigenvalue weighted by Crippen LogP contribution is 2.12. The number of hydrogen-bond acceptors (Lipinski definition) is 3. The quantitative estimate of drug-likeness (QED) is 0.403. The van der Waals surface area contributed by atoms with Crippen LogP contribution in [0.3, 0.4) is 0 Å². The number of nitrogens with two attached hydrogens (primary N) is 1. The van der Waals surface area contributed by atoms with Crippen LogP contribution < -0.4 is 15.2 Å². The summed E-state index contributed by atoms with van der Waals surface area (Å²) in [5.74, 6) is -0.813. The van der Waals surface area contributed by atoms with Gasteiger partial charge in [-0.15, -0.1) is 0 Å². The third-order valence-electron chi connectivity index (χ3n) is 1.75. The Labute approximate surface area is 97.4 Å². The molecule has 0 aliphatic carbocycles. The molecule has 102 valence electrons. The van der Waals surface area contributed by atoms with Crippen LogP contribution in [0, 0.1) is 11.3 Å². The third kappa shape index (κ3) is 7.13. The van der Waals surface area contributed by atoms with E-state index in [9.17, 15) is 21.6 Å². The Morgan fingerprint density at radius 3 is 2.18 bits per heavy atom. The summed E-state index contributed by atoms with van der Waals surface area (Å²) in [7, 11) is -4.34. The van der Waals surface area contributed by atoms with Crippen molar-refractivity contribution in [1.29, 1.82) is 5.41 Å². The van der Waals surface area contributed by atoms with Crippen LogP contribution >= 0.6 is 0 Å². The first kappa shape index (κ1) is 16.1. The lowest BCUT2D eigenvalue weighted by Gasteiger charge is -2.21. The van der Waals surface area contributed by atoms with E-state index in [0.717, 1.165) is 0 Å². The zero-order valence-electron chi connectivity index (χ0n) is 9.30. The van der Waals surface area contributed by atoms with Crippen molar-refractivity contribution < 1.29 is 21.6 Å². The van der Waals surface area contributed by atoms with E-state index in [2.05, 4.69) is 0 Å². The Balaban J connectivity index is 4.58. The highest BCUT2D eigenvalue weighted by Gasteiger charge is 2.31. The molecule has 0 aromatic heterocycles. The van der Waals surface area contributed by atoms with Gasteiger partial charge >= 0.3 is 6.18 Å². The maximum absolute atomic E-state index is 11.8. The number of halogens is 3. The van der Waals surface area contributed by atoms with Crippen molar-refractivity contribution in [2.45, 2.75) is 26.1 Å². The van der Waals surface area contributed by atoms with Gasteiger partial charge in [0, 0.05) is 0 Å². The smallest absolute Gasteiger partial charge is 0.386 e. The van der Waals surface area contributed by atoms with Crippen molar-refractivity contribution in [1.82, 2.24) is 9.44 Å². The zero-order valence-corrected chi connectivity index (χ0v) is 10.1. The molecule has 0 heterocycles. The molecule has 0 fully saturated rings. The summed E-state index contributed by atoms with van der Waals surface area (Å²) in [6.07, 6.45) is -4.64. The highest BCUT2D eigenvalue weighted by atomic mass is 32.2. The summed E-state index contributed by atoms with van der Waals surface area (Å²) in [4.78, 5) is 0. The lowest BCUT2D eigenvalue weighted by atomic mass is 10.1. The lowest BCUT2D eigenvalue weighted by Crippen LogP contribution is -2.52. The van der Waals surface area contributed by atoms with Gasteiger partial charge < -0.3 is 5.73 Å². The van der Waals surface area contributed by atoms with Crippen molar-refractivity contribution >= 4 is 16.0 Å². The highest BCUT2D eigenvalue weighted by molar-refractivity contribution is 7.87. The van der Waals surface area contributed by atoms with E-state index in [4.69, 9.17) is 11.1 Å². The molecule has 0 saturated heterocycles. The van der Waals surface area contributed by atoms with Crippen molar-refractivity contribution in [2.24, 2.45) is 11.7 Å². The van der Waals surface area contributed by atoms with Gasteiger partial charge in [-0.2, -0.15) is 31.0 Å². The third-order valence-corrected chi connectivity index (χ3v) is 2.84. The molecule has 5 N–H and O–H groups in total. The monoisotopic (exact) mass is 276 g/mol. The van der Waals surface area contributed by atoms with Gasteiger partial charge in [-0.25, -0.2) is 0 Å². The van der Waals surface area contributed by atoms with Gasteiger partial charge in [0.25, 0.3) is 10.2 Å². The maximum atomic E-state index is 11.8. The van der Waals surface area contributed by atoms with Gasteiger partial charge in [-0.1, -0.05) is 13.8 Å². The molecule has 0 saturated carbocycles. The van der Waals surface area contributed by atoms with E-state index in [1.54, 1.807) is 13.8 Å². The first-order valence-electron chi connectivity index (χ1n) is 4.62. The molecule has 10 heteroatoms. The molecule has 1 atom stereocenters. The Morgan fingerprint density at radius 1 is 1.41 bits per heavy atom. The first-order valence-corrected chi connectivity index (χ1v) is 6.10. The molecular weight excluding hydrogens is 261 g/mol. The molecule has 0 aromatic carbocycles. The van der Waals surface area contributed by atoms with Crippen molar-refractivity contribution in [3.05, 3.63) is 0 Å². The van der Waals surface area contributed by atoms with Crippen molar-refractivity contribution in [3.63, 3.8) is 0 Å². The van der Waals surface area contributed by atoms with E-state index < -0.39 is 34.8 Å². The van der Waals surface area contributed by atoms with Crippen LogP contribution in [-0.4, -0.2) is 33.0 Å². The van der Waals surface area contributed by atoms with E-state index in [-0.39, 0.29) is 5.92 Å². The number of rotatable bonds is 6.